The number of rotatable bonds is 8. The van der Waals surface area contributed by atoms with Crippen molar-refractivity contribution in [3.8, 4) is 0 Å². The minimum atomic E-state index is -0.336. The van der Waals surface area contributed by atoms with Crippen LogP contribution in [0.1, 0.15) is 66.7 Å². The van der Waals surface area contributed by atoms with E-state index in [0.29, 0.717) is 31.0 Å². The Morgan fingerprint density at radius 2 is 1.35 bits per heavy atom. The zero-order valence-corrected chi connectivity index (χ0v) is 15.5. The zero-order valence-electron chi connectivity index (χ0n) is 15.5. The van der Waals surface area contributed by atoms with Gasteiger partial charge < -0.3 is 9.47 Å². The van der Waals surface area contributed by atoms with E-state index >= 15 is 0 Å². The second-order valence-electron chi connectivity index (χ2n) is 7.83. The van der Waals surface area contributed by atoms with Crippen LogP contribution in [0.4, 0.5) is 0 Å². The van der Waals surface area contributed by atoms with Crippen molar-refractivity contribution in [1.82, 2.24) is 0 Å². The molecule has 0 aromatic heterocycles. The standard InChI is InChI=1S/C19H34O4/c1-13(2)8-10-22-18(20)16-7-6-15(5)12-17(16)19(21)23-11-9-14(3)4/h13-17H,6-12H2,1-5H3. The van der Waals surface area contributed by atoms with Gasteiger partial charge in [0, 0.05) is 0 Å². The molecule has 1 rings (SSSR count). The maximum atomic E-state index is 12.4. The fraction of sp³-hybridized carbons (Fsp3) is 0.895. The van der Waals surface area contributed by atoms with Crippen LogP contribution < -0.4 is 0 Å². The van der Waals surface area contributed by atoms with E-state index in [4.69, 9.17) is 9.47 Å². The average molecular weight is 326 g/mol. The van der Waals surface area contributed by atoms with Gasteiger partial charge in [0.25, 0.3) is 0 Å². The molecule has 0 aliphatic heterocycles. The predicted octanol–water partition coefficient (Wildman–Crippen LogP) is 4.22. The second-order valence-corrected chi connectivity index (χ2v) is 7.83. The van der Waals surface area contributed by atoms with Crippen LogP contribution in [0.5, 0.6) is 0 Å². The van der Waals surface area contributed by atoms with E-state index in [1.807, 2.05) is 0 Å². The molecule has 1 fully saturated rings. The van der Waals surface area contributed by atoms with Crippen LogP contribution in [-0.2, 0) is 19.1 Å². The van der Waals surface area contributed by atoms with Crippen molar-refractivity contribution < 1.29 is 19.1 Å². The van der Waals surface area contributed by atoms with Crippen molar-refractivity contribution in [3.63, 3.8) is 0 Å². The highest BCUT2D eigenvalue weighted by Crippen LogP contribution is 2.35. The van der Waals surface area contributed by atoms with Crippen molar-refractivity contribution in [1.29, 1.82) is 0 Å². The molecule has 0 heterocycles. The molecule has 4 heteroatoms. The van der Waals surface area contributed by atoms with Crippen molar-refractivity contribution in [2.45, 2.75) is 66.7 Å². The fourth-order valence-electron chi connectivity index (χ4n) is 2.93. The number of hydrogen-bond donors (Lipinski definition) is 0. The highest BCUT2D eigenvalue weighted by Gasteiger charge is 2.40. The van der Waals surface area contributed by atoms with E-state index in [0.717, 1.165) is 32.1 Å². The van der Waals surface area contributed by atoms with Crippen LogP contribution in [0.25, 0.3) is 0 Å². The molecule has 0 aromatic carbocycles. The molecule has 1 saturated carbocycles. The molecule has 3 atom stereocenters. The van der Waals surface area contributed by atoms with Gasteiger partial charge in [0.05, 0.1) is 25.0 Å². The molecular formula is C19H34O4. The molecule has 0 amide bonds. The Morgan fingerprint density at radius 3 is 1.83 bits per heavy atom. The molecule has 0 saturated heterocycles. The lowest BCUT2D eigenvalue weighted by Gasteiger charge is -2.32. The molecule has 1 aliphatic rings. The monoisotopic (exact) mass is 326 g/mol. The van der Waals surface area contributed by atoms with E-state index < -0.39 is 0 Å². The van der Waals surface area contributed by atoms with E-state index in [-0.39, 0.29) is 23.8 Å². The zero-order chi connectivity index (χ0) is 17.4. The minimum absolute atomic E-state index is 0.219. The molecule has 0 aromatic rings. The molecule has 0 radical (unpaired) electrons. The molecule has 0 N–H and O–H groups in total. The Morgan fingerprint density at radius 1 is 0.870 bits per heavy atom. The van der Waals surface area contributed by atoms with Gasteiger partial charge in [0.1, 0.15) is 0 Å². The maximum absolute atomic E-state index is 12.4. The van der Waals surface area contributed by atoms with Gasteiger partial charge >= 0.3 is 11.9 Å². The number of carbonyl (C=O) groups excluding carboxylic acids is 2. The highest BCUT2D eigenvalue weighted by atomic mass is 16.5. The molecule has 0 bridgehead atoms. The summed E-state index contributed by atoms with van der Waals surface area (Å²) < 4.78 is 10.8. The van der Waals surface area contributed by atoms with Crippen LogP contribution in [0.15, 0.2) is 0 Å². The van der Waals surface area contributed by atoms with E-state index in [9.17, 15) is 9.59 Å². The normalized spacial score (nSPS) is 24.7. The topological polar surface area (TPSA) is 52.6 Å². The summed E-state index contributed by atoms with van der Waals surface area (Å²) in [6.45, 7) is 11.4. The Kier molecular flexibility index (Phi) is 8.64. The molecule has 0 spiro atoms. The third-order valence-corrected chi connectivity index (χ3v) is 4.60. The summed E-state index contributed by atoms with van der Waals surface area (Å²) in [6, 6.07) is 0. The van der Waals surface area contributed by atoms with Gasteiger partial charge in [0.15, 0.2) is 0 Å². The van der Waals surface area contributed by atoms with Gasteiger partial charge in [-0.1, -0.05) is 34.6 Å². The largest absolute Gasteiger partial charge is 0.465 e. The van der Waals surface area contributed by atoms with Crippen LogP contribution >= 0.6 is 0 Å². The van der Waals surface area contributed by atoms with Crippen molar-refractivity contribution in [2.75, 3.05) is 13.2 Å². The third kappa shape index (κ3) is 7.36. The smallest absolute Gasteiger partial charge is 0.309 e. The first-order valence-corrected chi connectivity index (χ1v) is 9.14. The minimum Gasteiger partial charge on any atom is -0.465 e. The molecule has 3 unspecified atom stereocenters. The quantitative estimate of drug-likeness (QED) is 0.627. The van der Waals surface area contributed by atoms with Crippen LogP contribution in [0, 0.1) is 29.6 Å². The van der Waals surface area contributed by atoms with Crippen molar-refractivity contribution >= 4 is 11.9 Å². The summed E-state index contributed by atoms with van der Waals surface area (Å²) in [5, 5.41) is 0. The first-order valence-electron chi connectivity index (χ1n) is 9.14. The van der Waals surface area contributed by atoms with Crippen molar-refractivity contribution in [2.24, 2.45) is 29.6 Å². The summed E-state index contributed by atoms with van der Waals surface area (Å²) in [5.74, 6) is 0.363. The predicted molar refractivity (Wildman–Crippen MR) is 90.8 cm³/mol. The molecule has 23 heavy (non-hydrogen) atoms. The first kappa shape index (κ1) is 20.0. The van der Waals surface area contributed by atoms with E-state index in [1.165, 1.54) is 0 Å². The van der Waals surface area contributed by atoms with Gasteiger partial charge in [-0.25, -0.2) is 0 Å². The summed E-state index contributed by atoms with van der Waals surface area (Å²) in [4.78, 5) is 24.7. The Balaban J connectivity index is 2.56. The molecule has 4 nitrogen and oxygen atoms in total. The Bertz CT molecular complexity index is 376. The van der Waals surface area contributed by atoms with Gasteiger partial charge in [0.2, 0.25) is 0 Å². The maximum Gasteiger partial charge on any atom is 0.309 e. The summed E-state index contributed by atoms with van der Waals surface area (Å²) >= 11 is 0. The second kappa shape index (κ2) is 9.94. The van der Waals surface area contributed by atoms with Crippen LogP contribution in [0.3, 0.4) is 0 Å². The summed E-state index contributed by atoms with van der Waals surface area (Å²) in [5.41, 5.74) is 0. The average Bonchev–Trinajstić information content (AvgIpc) is 2.46. The molecule has 1 aliphatic carbocycles. The lowest BCUT2D eigenvalue weighted by molar-refractivity contribution is -0.164. The third-order valence-electron chi connectivity index (χ3n) is 4.60. The van der Waals surface area contributed by atoms with Crippen molar-refractivity contribution in [3.05, 3.63) is 0 Å². The SMILES string of the molecule is CC(C)CCOC(=O)C1CCC(C)CC1C(=O)OCCC(C)C. The van der Waals surface area contributed by atoms with E-state index in [1.54, 1.807) is 0 Å². The van der Waals surface area contributed by atoms with E-state index in [2.05, 4.69) is 34.6 Å². The van der Waals surface area contributed by atoms with Gasteiger partial charge in [-0.3, -0.25) is 9.59 Å². The summed E-state index contributed by atoms with van der Waals surface area (Å²) in [6.07, 6.45) is 4.14. The Labute approximate surface area is 141 Å². The number of ether oxygens (including phenoxy) is 2. The number of esters is 2. The highest BCUT2D eigenvalue weighted by molar-refractivity contribution is 5.82. The van der Waals surface area contributed by atoms with Crippen LogP contribution in [-0.4, -0.2) is 25.2 Å². The fourth-order valence-corrected chi connectivity index (χ4v) is 2.93. The Hall–Kier alpha value is -1.06. The number of hydrogen-bond acceptors (Lipinski definition) is 4. The lowest BCUT2D eigenvalue weighted by atomic mass is 9.74. The van der Waals surface area contributed by atoms with Gasteiger partial charge in [-0.15, -0.1) is 0 Å². The lowest BCUT2D eigenvalue weighted by Crippen LogP contribution is -2.37. The number of carbonyl (C=O) groups is 2. The summed E-state index contributed by atoms with van der Waals surface area (Å²) in [7, 11) is 0. The molecular weight excluding hydrogens is 292 g/mol. The van der Waals surface area contributed by atoms with Gasteiger partial charge in [-0.2, -0.15) is 0 Å². The van der Waals surface area contributed by atoms with Gasteiger partial charge in [-0.05, 0) is 49.9 Å². The molecule has 134 valence electrons. The first-order chi connectivity index (χ1) is 10.8. The van der Waals surface area contributed by atoms with Crippen LogP contribution in [0.2, 0.25) is 0 Å².